The highest BCUT2D eigenvalue weighted by atomic mass is 16.5. The lowest BCUT2D eigenvalue weighted by molar-refractivity contribution is -0.114. The molecular formula is C23H27NO6. The number of ketones is 1. The van der Waals surface area contributed by atoms with Gasteiger partial charge in [0.2, 0.25) is 5.91 Å². The van der Waals surface area contributed by atoms with Gasteiger partial charge in [0.25, 0.3) is 0 Å². The summed E-state index contributed by atoms with van der Waals surface area (Å²) in [6.07, 6.45) is 1.93. The second kappa shape index (κ2) is 11.6. The number of amides is 1. The van der Waals surface area contributed by atoms with Crippen molar-refractivity contribution in [3.8, 4) is 11.5 Å². The number of hydrogen-bond donors (Lipinski definition) is 1. The molecule has 7 nitrogen and oxygen atoms in total. The average molecular weight is 413 g/mol. The third kappa shape index (κ3) is 6.92. The van der Waals surface area contributed by atoms with Crippen LogP contribution in [-0.2, 0) is 9.53 Å². The third-order valence-electron chi connectivity index (χ3n) is 4.10. The third-order valence-corrected chi connectivity index (χ3v) is 4.10. The maximum absolute atomic E-state index is 12.4. The van der Waals surface area contributed by atoms with Crippen LogP contribution in [0, 0.1) is 0 Å². The molecule has 0 spiro atoms. The summed E-state index contributed by atoms with van der Waals surface area (Å²) in [4.78, 5) is 35.7. The molecule has 0 fully saturated rings. The Morgan fingerprint density at radius 2 is 1.60 bits per heavy atom. The van der Waals surface area contributed by atoms with Gasteiger partial charge in [0.1, 0.15) is 0 Å². The standard InChI is InChI=1S/C23H27NO6/c1-4-6-13-29-21-12-9-18(14-22(21)28-5-2)23(27)30-15-20(26)17-7-10-19(11-8-17)24-16(3)25/h7-12,14H,4-6,13,15H2,1-3H3,(H,24,25). The fourth-order valence-electron chi connectivity index (χ4n) is 2.59. The Balaban J connectivity index is 1.98. The molecule has 0 radical (unpaired) electrons. The van der Waals surface area contributed by atoms with Crippen LogP contribution < -0.4 is 14.8 Å². The van der Waals surface area contributed by atoms with Crippen LogP contribution in [0.2, 0.25) is 0 Å². The first-order valence-corrected chi connectivity index (χ1v) is 9.92. The first kappa shape index (κ1) is 22.9. The molecule has 1 amide bonds. The van der Waals surface area contributed by atoms with Gasteiger partial charge >= 0.3 is 5.97 Å². The van der Waals surface area contributed by atoms with E-state index in [4.69, 9.17) is 14.2 Å². The van der Waals surface area contributed by atoms with Crippen molar-refractivity contribution in [2.45, 2.75) is 33.6 Å². The predicted octanol–water partition coefficient (Wildman–Crippen LogP) is 4.26. The molecule has 0 aliphatic rings. The van der Waals surface area contributed by atoms with Crippen molar-refractivity contribution >= 4 is 23.3 Å². The van der Waals surface area contributed by atoms with Crippen molar-refractivity contribution in [3.63, 3.8) is 0 Å². The molecule has 0 aliphatic carbocycles. The largest absolute Gasteiger partial charge is 0.490 e. The summed E-state index contributed by atoms with van der Waals surface area (Å²) in [5, 5.41) is 2.62. The fraction of sp³-hybridized carbons (Fsp3) is 0.348. The van der Waals surface area contributed by atoms with E-state index >= 15 is 0 Å². The Labute approximate surface area is 176 Å². The molecular weight excluding hydrogens is 386 g/mol. The van der Waals surface area contributed by atoms with Crippen LogP contribution in [-0.4, -0.2) is 37.5 Å². The summed E-state index contributed by atoms with van der Waals surface area (Å²) in [5.74, 6) is -0.141. The van der Waals surface area contributed by atoms with Crippen LogP contribution in [0.5, 0.6) is 11.5 Å². The van der Waals surface area contributed by atoms with Gasteiger partial charge in [-0.05, 0) is 55.8 Å². The molecule has 1 N–H and O–H groups in total. The van der Waals surface area contributed by atoms with Crippen LogP contribution >= 0.6 is 0 Å². The Morgan fingerprint density at radius 3 is 2.23 bits per heavy atom. The number of ether oxygens (including phenoxy) is 3. The molecule has 30 heavy (non-hydrogen) atoms. The van der Waals surface area contributed by atoms with E-state index in [1.165, 1.54) is 6.92 Å². The normalized spacial score (nSPS) is 10.2. The molecule has 0 heterocycles. The highest BCUT2D eigenvalue weighted by Gasteiger charge is 2.15. The van der Waals surface area contributed by atoms with Gasteiger partial charge in [-0.1, -0.05) is 13.3 Å². The van der Waals surface area contributed by atoms with Gasteiger partial charge in [0, 0.05) is 18.2 Å². The summed E-state index contributed by atoms with van der Waals surface area (Å²) in [7, 11) is 0. The lowest BCUT2D eigenvalue weighted by Crippen LogP contribution is -2.14. The van der Waals surface area contributed by atoms with Crippen molar-refractivity contribution < 1.29 is 28.6 Å². The maximum Gasteiger partial charge on any atom is 0.338 e. The highest BCUT2D eigenvalue weighted by molar-refractivity contribution is 6.00. The van der Waals surface area contributed by atoms with Crippen molar-refractivity contribution in [3.05, 3.63) is 53.6 Å². The number of unbranched alkanes of at least 4 members (excludes halogenated alkanes) is 1. The number of Topliss-reactive ketones (excluding diaryl/α,β-unsaturated/α-hetero) is 1. The molecule has 7 heteroatoms. The number of anilines is 1. The van der Waals surface area contributed by atoms with E-state index in [2.05, 4.69) is 12.2 Å². The van der Waals surface area contributed by atoms with Gasteiger partial charge in [-0.15, -0.1) is 0 Å². The van der Waals surface area contributed by atoms with Gasteiger partial charge in [0.05, 0.1) is 18.8 Å². The molecule has 0 atom stereocenters. The molecule has 2 aromatic carbocycles. The Morgan fingerprint density at radius 1 is 0.900 bits per heavy atom. The van der Waals surface area contributed by atoms with Gasteiger partial charge in [-0.2, -0.15) is 0 Å². The molecule has 160 valence electrons. The molecule has 2 rings (SSSR count). The Bertz CT molecular complexity index is 876. The zero-order valence-electron chi connectivity index (χ0n) is 17.5. The molecule has 0 saturated carbocycles. The van der Waals surface area contributed by atoms with E-state index in [0.717, 1.165) is 12.8 Å². The van der Waals surface area contributed by atoms with E-state index < -0.39 is 12.6 Å². The van der Waals surface area contributed by atoms with Crippen LogP contribution in [0.3, 0.4) is 0 Å². The number of rotatable bonds is 11. The predicted molar refractivity (Wildman–Crippen MR) is 113 cm³/mol. The zero-order valence-corrected chi connectivity index (χ0v) is 17.5. The summed E-state index contributed by atoms with van der Waals surface area (Å²) in [6, 6.07) is 11.2. The molecule has 2 aromatic rings. The summed E-state index contributed by atoms with van der Waals surface area (Å²) in [5.41, 5.74) is 1.24. The van der Waals surface area contributed by atoms with E-state index in [1.807, 2.05) is 6.92 Å². The first-order chi connectivity index (χ1) is 14.4. The van der Waals surface area contributed by atoms with Gasteiger partial charge in [-0.25, -0.2) is 4.79 Å². The topological polar surface area (TPSA) is 90.9 Å². The zero-order chi connectivity index (χ0) is 21.9. The minimum Gasteiger partial charge on any atom is -0.490 e. The fourth-order valence-corrected chi connectivity index (χ4v) is 2.59. The SMILES string of the molecule is CCCCOc1ccc(C(=O)OCC(=O)c2ccc(NC(C)=O)cc2)cc1OCC. The second-order valence-electron chi connectivity index (χ2n) is 6.55. The number of carbonyl (C=O) groups is 3. The quantitative estimate of drug-likeness (QED) is 0.336. The summed E-state index contributed by atoms with van der Waals surface area (Å²) in [6.45, 7) is 5.92. The first-order valence-electron chi connectivity index (χ1n) is 9.92. The van der Waals surface area contributed by atoms with Gasteiger partial charge in [0.15, 0.2) is 23.9 Å². The van der Waals surface area contributed by atoms with Crippen molar-refractivity contribution in [2.75, 3.05) is 25.1 Å². The Kier molecular flexibility index (Phi) is 8.87. The van der Waals surface area contributed by atoms with Gasteiger partial charge < -0.3 is 19.5 Å². The molecule has 0 aromatic heterocycles. The Hall–Kier alpha value is -3.35. The average Bonchev–Trinajstić information content (AvgIpc) is 2.73. The highest BCUT2D eigenvalue weighted by Crippen LogP contribution is 2.29. The second-order valence-corrected chi connectivity index (χ2v) is 6.55. The summed E-state index contributed by atoms with van der Waals surface area (Å²) >= 11 is 0. The number of esters is 1. The minimum absolute atomic E-state index is 0.198. The molecule has 0 aliphatic heterocycles. The van der Waals surface area contributed by atoms with E-state index in [-0.39, 0.29) is 17.3 Å². The lowest BCUT2D eigenvalue weighted by Gasteiger charge is -2.13. The molecule has 0 saturated heterocycles. The van der Waals surface area contributed by atoms with Crippen LogP contribution in [0.15, 0.2) is 42.5 Å². The van der Waals surface area contributed by atoms with E-state index in [0.29, 0.717) is 36.0 Å². The lowest BCUT2D eigenvalue weighted by atomic mass is 10.1. The maximum atomic E-state index is 12.4. The molecule has 0 bridgehead atoms. The number of hydrogen-bond acceptors (Lipinski definition) is 6. The van der Waals surface area contributed by atoms with Crippen molar-refractivity contribution in [1.82, 2.24) is 0 Å². The number of carbonyl (C=O) groups excluding carboxylic acids is 3. The monoisotopic (exact) mass is 413 g/mol. The van der Waals surface area contributed by atoms with E-state index in [1.54, 1.807) is 42.5 Å². The van der Waals surface area contributed by atoms with Crippen LogP contribution in [0.1, 0.15) is 54.3 Å². The summed E-state index contributed by atoms with van der Waals surface area (Å²) < 4.78 is 16.4. The minimum atomic E-state index is -0.626. The van der Waals surface area contributed by atoms with Gasteiger partial charge in [-0.3, -0.25) is 9.59 Å². The number of benzene rings is 2. The van der Waals surface area contributed by atoms with Crippen LogP contribution in [0.4, 0.5) is 5.69 Å². The van der Waals surface area contributed by atoms with E-state index in [9.17, 15) is 14.4 Å². The number of nitrogens with one attached hydrogen (secondary N) is 1. The van der Waals surface area contributed by atoms with Crippen molar-refractivity contribution in [2.24, 2.45) is 0 Å². The van der Waals surface area contributed by atoms with Crippen molar-refractivity contribution in [1.29, 1.82) is 0 Å². The smallest absolute Gasteiger partial charge is 0.338 e. The molecule has 0 unspecified atom stereocenters. The van der Waals surface area contributed by atoms with Crippen LogP contribution in [0.25, 0.3) is 0 Å².